The third-order valence-corrected chi connectivity index (χ3v) is 5.53. The number of carbonyl (C=O) groups excluding carboxylic acids is 2. The third kappa shape index (κ3) is 3.97. The van der Waals surface area contributed by atoms with Gasteiger partial charge in [-0.05, 0) is 44.6 Å². The van der Waals surface area contributed by atoms with Crippen LogP contribution < -0.4 is 5.32 Å². The minimum absolute atomic E-state index is 0.0339. The third-order valence-electron chi connectivity index (χ3n) is 5.53. The molecule has 0 aromatic heterocycles. The fourth-order valence-electron chi connectivity index (χ4n) is 4.17. The number of rotatable bonds is 5. The molecule has 3 amide bonds. The molecule has 0 radical (unpaired) electrons. The second-order valence-electron chi connectivity index (χ2n) is 7.27. The molecule has 0 saturated carbocycles. The largest absolute Gasteiger partial charge is 0.342 e. The van der Waals surface area contributed by atoms with Crippen molar-refractivity contribution >= 4 is 11.9 Å². The molecule has 5 heteroatoms. The van der Waals surface area contributed by atoms with E-state index < -0.39 is 0 Å². The zero-order valence-corrected chi connectivity index (χ0v) is 15.2. The molecule has 2 aliphatic rings. The summed E-state index contributed by atoms with van der Waals surface area (Å²) in [7, 11) is 0. The van der Waals surface area contributed by atoms with Gasteiger partial charge >= 0.3 is 6.03 Å². The molecule has 0 bridgehead atoms. The fraction of sp³-hybridized carbons (Fsp3) is 0.600. The second kappa shape index (κ2) is 7.89. The summed E-state index contributed by atoms with van der Waals surface area (Å²) in [5.41, 5.74) is 0.987. The Labute approximate surface area is 150 Å². The molecule has 1 unspecified atom stereocenters. The van der Waals surface area contributed by atoms with Gasteiger partial charge in [-0.15, -0.1) is 0 Å². The number of carbonyl (C=O) groups is 2. The highest BCUT2D eigenvalue weighted by molar-refractivity contribution is 5.85. The molecular weight excluding hydrogens is 314 g/mol. The summed E-state index contributed by atoms with van der Waals surface area (Å²) in [6, 6.07) is 10.4. The van der Waals surface area contributed by atoms with E-state index in [1.807, 2.05) is 22.8 Å². The topological polar surface area (TPSA) is 52.7 Å². The van der Waals surface area contributed by atoms with Crippen LogP contribution in [-0.4, -0.2) is 54.5 Å². The SMILES string of the molecule is CCNC(=O)N1CCC2(CCCN(CCCc3ccccc3)C2=O)C1. The molecule has 1 N–H and O–H groups in total. The summed E-state index contributed by atoms with van der Waals surface area (Å²) in [5, 5.41) is 2.85. The van der Waals surface area contributed by atoms with Crippen molar-refractivity contribution in [1.82, 2.24) is 15.1 Å². The molecule has 2 fully saturated rings. The van der Waals surface area contributed by atoms with E-state index in [0.29, 0.717) is 19.6 Å². The standard InChI is InChI=1S/C20H29N3O2/c1-2-21-19(25)23-15-12-20(16-23)11-7-14-22(18(20)24)13-6-10-17-8-4-3-5-9-17/h3-5,8-9H,2,6-7,10-16H2,1H3,(H,21,25). The van der Waals surface area contributed by atoms with E-state index in [-0.39, 0.29) is 17.4 Å². The number of benzene rings is 1. The average molecular weight is 343 g/mol. The van der Waals surface area contributed by atoms with Crippen molar-refractivity contribution in [1.29, 1.82) is 0 Å². The van der Waals surface area contributed by atoms with Crippen molar-refractivity contribution in [2.45, 2.75) is 39.0 Å². The summed E-state index contributed by atoms with van der Waals surface area (Å²) < 4.78 is 0. The number of piperidine rings is 1. The number of amides is 3. The first kappa shape index (κ1) is 17.8. The highest BCUT2D eigenvalue weighted by atomic mass is 16.2. The van der Waals surface area contributed by atoms with Crippen LogP contribution in [0.3, 0.4) is 0 Å². The molecule has 2 heterocycles. The monoisotopic (exact) mass is 343 g/mol. The molecule has 1 aromatic carbocycles. The Morgan fingerprint density at radius 1 is 1.20 bits per heavy atom. The summed E-state index contributed by atoms with van der Waals surface area (Å²) in [6.07, 6.45) is 4.75. The van der Waals surface area contributed by atoms with Crippen molar-refractivity contribution in [2.24, 2.45) is 5.41 Å². The van der Waals surface area contributed by atoms with Gasteiger partial charge in [0.15, 0.2) is 0 Å². The number of nitrogens with one attached hydrogen (secondary N) is 1. The maximum absolute atomic E-state index is 13.1. The molecule has 3 rings (SSSR count). The first-order valence-electron chi connectivity index (χ1n) is 9.51. The summed E-state index contributed by atoms with van der Waals surface area (Å²) in [4.78, 5) is 29.0. The van der Waals surface area contributed by atoms with Gasteiger partial charge in [0.25, 0.3) is 0 Å². The first-order valence-corrected chi connectivity index (χ1v) is 9.51. The van der Waals surface area contributed by atoms with E-state index >= 15 is 0 Å². The van der Waals surface area contributed by atoms with Crippen LogP contribution in [0.25, 0.3) is 0 Å². The molecule has 1 aromatic rings. The molecule has 25 heavy (non-hydrogen) atoms. The lowest BCUT2D eigenvalue weighted by Gasteiger charge is -2.39. The van der Waals surface area contributed by atoms with Crippen molar-refractivity contribution < 1.29 is 9.59 Å². The van der Waals surface area contributed by atoms with E-state index in [1.165, 1.54) is 5.56 Å². The molecule has 136 valence electrons. The minimum Gasteiger partial charge on any atom is -0.342 e. The summed E-state index contributed by atoms with van der Waals surface area (Å²) >= 11 is 0. The van der Waals surface area contributed by atoms with Crippen molar-refractivity contribution in [3.63, 3.8) is 0 Å². The van der Waals surface area contributed by atoms with Crippen molar-refractivity contribution in [3.05, 3.63) is 35.9 Å². The maximum atomic E-state index is 13.1. The maximum Gasteiger partial charge on any atom is 0.317 e. The normalized spacial score (nSPS) is 23.3. The van der Waals surface area contributed by atoms with E-state index in [2.05, 4.69) is 29.6 Å². The second-order valence-corrected chi connectivity index (χ2v) is 7.27. The Hall–Kier alpha value is -2.04. The Bertz CT molecular complexity index is 604. The lowest BCUT2D eigenvalue weighted by atomic mass is 9.78. The summed E-state index contributed by atoms with van der Waals surface area (Å²) in [5.74, 6) is 0.263. The van der Waals surface area contributed by atoms with Crippen molar-refractivity contribution in [2.75, 3.05) is 32.7 Å². The zero-order valence-electron chi connectivity index (χ0n) is 15.2. The molecule has 1 atom stereocenters. The molecule has 5 nitrogen and oxygen atoms in total. The Morgan fingerprint density at radius 3 is 2.76 bits per heavy atom. The molecule has 2 saturated heterocycles. The average Bonchev–Trinajstić information content (AvgIpc) is 3.05. The lowest BCUT2D eigenvalue weighted by molar-refractivity contribution is -0.145. The smallest absolute Gasteiger partial charge is 0.317 e. The quantitative estimate of drug-likeness (QED) is 0.894. The van der Waals surface area contributed by atoms with Crippen molar-refractivity contribution in [3.8, 4) is 0 Å². The van der Waals surface area contributed by atoms with E-state index in [1.54, 1.807) is 0 Å². The van der Waals surface area contributed by atoms with Crippen LogP contribution in [0.1, 0.15) is 38.2 Å². The van der Waals surface area contributed by atoms with Crippen LogP contribution in [0.2, 0.25) is 0 Å². The summed E-state index contributed by atoms with van der Waals surface area (Å²) in [6.45, 7) is 5.49. The lowest BCUT2D eigenvalue weighted by Crippen LogP contribution is -2.51. The Kier molecular flexibility index (Phi) is 5.61. The van der Waals surface area contributed by atoms with Gasteiger partial charge in [-0.2, -0.15) is 0 Å². The van der Waals surface area contributed by atoms with Gasteiger partial charge in [-0.1, -0.05) is 30.3 Å². The van der Waals surface area contributed by atoms with Crippen LogP contribution >= 0.6 is 0 Å². The van der Waals surface area contributed by atoms with Crippen LogP contribution in [0.5, 0.6) is 0 Å². The van der Waals surface area contributed by atoms with E-state index in [4.69, 9.17) is 0 Å². The van der Waals surface area contributed by atoms with Gasteiger partial charge < -0.3 is 15.1 Å². The highest BCUT2D eigenvalue weighted by Crippen LogP contribution is 2.40. The molecule has 0 aliphatic carbocycles. The predicted octanol–water partition coefficient (Wildman–Crippen LogP) is 2.66. The fourth-order valence-corrected chi connectivity index (χ4v) is 4.17. The Morgan fingerprint density at radius 2 is 2.00 bits per heavy atom. The highest BCUT2D eigenvalue weighted by Gasteiger charge is 2.49. The van der Waals surface area contributed by atoms with E-state index in [0.717, 1.165) is 45.2 Å². The van der Waals surface area contributed by atoms with Crippen LogP contribution in [0.15, 0.2) is 30.3 Å². The molecule has 1 spiro atoms. The van der Waals surface area contributed by atoms with Crippen LogP contribution in [0, 0.1) is 5.41 Å². The number of hydrogen-bond acceptors (Lipinski definition) is 2. The number of likely N-dealkylation sites (tertiary alicyclic amines) is 2. The number of aryl methyl sites for hydroxylation is 1. The van der Waals surface area contributed by atoms with Gasteiger partial charge in [-0.25, -0.2) is 4.79 Å². The van der Waals surface area contributed by atoms with Crippen LogP contribution in [-0.2, 0) is 11.2 Å². The molecular formula is C20H29N3O2. The van der Waals surface area contributed by atoms with Gasteiger partial charge in [-0.3, -0.25) is 4.79 Å². The number of nitrogens with zero attached hydrogens (tertiary/aromatic N) is 2. The van der Waals surface area contributed by atoms with Gasteiger partial charge in [0.05, 0.1) is 5.41 Å². The van der Waals surface area contributed by atoms with E-state index in [9.17, 15) is 9.59 Å². The van der Waals surface area contributed by atoms with Gasteiger partial charge in [0, 0.05) is 32.7 Å². The van der Waals surface area contributed by atoms with Gasteiger partial charge in [0.2, 0.25) is 5.91 Å². The number of hydrogen-bond donors (Lipinski definition) is 1. The predicted molar refractivity (Wildman–Crippen MR) is 98.3 cm³/mol. The Balaban J connectivity index is 1.55. The first-order chi connectivity index (χ1) is 12.1. The van der Waals surface area contributed by atoms with Gasteiger partial charge in [0.1, 0.15) is 0 Å². The number of urea groups is 1. The zero-order chi connectivity index (χ0) is 17.7. The van der Waals surface area contributed by atoms with Crippen LogP contribution in [0.4, 0.5) is 4.79 Å². The minimum atomic E-state index is -0.337. The molecule has 2 aliphatic heterocycles.